The number of rotatable bonds is 3. The molecule has 4 rings (SSSR count). The smallest absolute Gasteiger partial charge is 0.269 e. The van der Waals surface area contributed by atoms with E-state index in [0.29, 0.717) is 13.1 Å². The van der Waals surface area contributed by atoms with E-state index in [4.69, 9.17) is 5.73 Å². The van der Waals surface area contributed by atoms with Crippen LogP contribution in [0.3, 0.4) is 0 Å². The van der Waals surface area contributed by atoms with E-state index in [9.17, 15) is 9.59 Å². The number of nitrogens with one attached hydrogen (secondary N) is 1. The van der Waals surface area contributed by atoms with E-state index in [1.54, 1.807) is 11.1 Å². The van der Waals surface area contributed by atoms with Gasteiger partial charge in [-0.15, -0.1) is 0 Å². The summed E-state index contributed by atoms with van der Waals surface area (Å²) in [5.41, 5.74) is 11.1. The number of amides is 2. The fraction of sp³-hybridized carbons (Fsp3) is 0.350. The van der Waals surface area contributed by atoms with E-state index in [2.05, 4.69) is 22.6 Å². The lowest BCUT2D eigenvalue weighted by Gasteiger charge is -2.27. The van der Waals surface area contributed by atoms with Gasteiger partial charge in [-0.05, 0) is 49.3 Å². The zero-order chi connectivity index (χ0) is 18.3. The summed E-state index contributed by atoms with van der Waals surface area (Å²) < 4.78 is 0. The van der Waals surface area contributed by atoms with Crippen LogP contribution in [0, 0.1) is 0 Å². The molecule has 2 aliphatic rings. The highest BCUT2D eigenvalue weighted by molar-refractivity contribution is 6.07. The third-order valence-corrected chi connectivity index (χ3v) is 5.34. The van der Waals surface area contributed by atoms with E-state index in [1.807, 2.05) is 0 Å². The zero-order valence-corrected chi connectivity index (χ0v) is 14.7. The van der Waals surface area contributed by atoms with Gasteiger partial charge in [-0.25, -0.2) is 4.98 Å². The van der Waals surface area contributed by atoms with Gasteiger partial charge in [0.05, 0.1) is 5.52 Å². The molecule has 0 saturated heterocycles. The molecular formula is C20H22N4O2. The van der Waals surface area contributed by atoms with Crippen molar-refractivity contribution in [3.63, 3.8) is 0 Å². The van der Waals surface area contributed by atoms with Gasteiger partial charge in [-0.3, -0.25) is 9.59 Å². The Morgan fingerprint density at radius 3 is 2.88 bits per heavy atom. The number of aryl methyl sites for hydroxylation is 2. The van der Waals surface area contributed by atoms with Crippen LogP contribution in [-0.4, -0.2) is 39.8 Å². The number of carbonyl (C=O) groups excluding carboxylic acids is 2. The van der Waals surface area contributed by atoms with Gasteiger partial charge in [-0.1, -0.05) is 12.7 Å². The van der Waals surface area contributed by atoms with Crippen molar-refractivity contribution in [2.75, 3.05) is 13.1 Å². The minimum atomic E-state index is -0.527. The molecule has 3 N–H and O–H groups in total. The van der Waals surface area contributed by atoms with Crippen molar-refractivity contribution in [3.05, 3.63) is 47.4 Å². The van der Waals surface area contributed by atoms with E-state index in [-0.39, 0.29) is 11.6 Å². The second-order valence-corrected chi connectivity index (χ2v) is 6.91. The van der Waals surface area contributed by atoms with Crippen molar-refractivity contribution in [2.24, 2.45) is 5.73 Å². The topological polar surface area (TPSA) is 92.1 Å². The van der Waals surface area contributed by atoms with Crippen LogP contribution in [-0.2, 0) is 17.6 Å². The molecule has 1 aliphatic carbocycles. The quantitative estimate of drug-likeness (QED) is 0.832. The summed E-state index contributed by atoms with van der Waals surface area (Å²) in [5.74, 6) is -0.592. The third kappa shape index (κ3) is 2.62. The molecule has 1 aliphatic heterocycles. The van der Waals surface area contributed by atoms with E-state index in [1.165, 1.54) is 17.3 Å². The van der Waals surface area contributed by atoms with Gasteiger partial charge in [0.1, 0.15) is 0 Å². The summed E-state index contributed by atoms with van der Waals surface area (Å²) in [5, 5.41) is 1.04. The standard InChI is InChI=1S/C20H22N4O2/c1-2-16(25)24-9-5-6-12(11-24)14-10-22-19(20(21)26)18-17(14)13-7-3-4-8-15(13)23-18/h2,6,10,23H,1,3-5,7-9,11H2,(H2,21,26). The molecule has 0 bridgehead atoms. The first-order valence-corrected chi connectivity index (χ1v) is 9.03. The maximum Gasteiger partial charge on any atom is 0.269 e. The molecule has 6 heteroatoms. The van der Waals surface area contributed by atoms with Gasteiger partial charge >= 0.3 is 0 Å². The Morgan fingerprint density at radius 2 is 2.12 bits per heavy atom. The van der Waals surface area contributed by atoms with Gasteiger partial charge in [0.25, 0.3) is 5.91 Å². The molecular weight excluding hydrogens is 328 g/mol. The predicted octanol–water partition coefficient (Wildman–Crippen LogP) is 2.34. The maximum atomic E-state index is 12.0. The summed E-state index contributed by atoms with van der Waals surface area (Å²) in [6.45, 7) is 4.80. The van der Waals surface area contributed by atoms with Gasteiger partial charge in [0.2, 0.25) is 5.91 Å². The van der Waals surface area contributed by atoms with Crippen LogP contribution in [0.5, 0.6) is 0 Å². The van der Waals surface area contributed by atoms with Crippen LogP contribution in [0.1, 0.15) is 46.6 Å². The molecule has 0 radical (unpaired) electrons. The molecule has 3 heterocycles. The Kier molecular flexibility index (Phi) is 4.11. The molecule has 0 fully saturated rings. The van der Waals surface area contributed by atoms with Gasteiger partial charge < -0.3 is 15.6 Å². The van der Waals surface area contributed by atoms with Crippen molar-refractivity contribution in [3.8, 4) is 0 Å². The number of aromatic amines is 1. The molecule has 0 unspecified atom stereocenters. The zero-order valence-electron chi connectivity index (χ0n) is 14.7. The summed E-state index contributed by atoms with van der Waals surface area (Å²) in [6, 6.07) is 0. The number of hydrogen-bond donors (Lipinski definition) is 2. The van der Waals surface area contributed by atoms with Crippen molar-refractivity contribution in [1.82, 2.24) is 14.9 Å². The molecule has 0 aromatic carbocycles. The number of primary amides is 1. The number of aromatic nitrogens is 2. The maximum absolute atomic E-state index is 12.0. The lowest BCUT2D eigenvalue weighted by atomic mass is 9.91. The number of fused-ring (bicyclic) bond motifs is 3. The van der Waals surface area contributed by atoms with Crippen LogP contribution < -0.4 is 5.73 Å². The molecule has 2 aromatic rings. The number of nitrogens with zero attached hydrogens (tertiary/aromatic N) is 2. The number of H-pyrrole nitrogens is 1. The number of carbonyl (C=O) groups is 2. The van der Waals surface area contributed by atoms with E-state index >= 15 is 0 Å². The average molecular weight is 350 g/mol. The van der Waals surface area contributed by atoms with Crippen LogP contribution in [0.2, 0.25) is 0 Å². The number of pyridine rings is 1. The first-order chi connectivity index (χ1) is 12.6. The highest BCUT2D eigenvalue weighted by atomic mass is 16.2. The van der Waals surface area contributed by atoms with Crippen molar-refractivity contribution < 1.29 is 9.59 Å². The van der Waals surface area contributed by atoms with Crippen molar-refractivity contribution in [2.45, 2.75) is 32.1 Å². The number of hydrogen-bond acceptors (Lipinski definition) is 3. The van der Waals surface area contributed by atoms with Crippen LogP contribution in [0.25, 0.3) is 16.5 Å². The van der Waals surface area contributed by atoms with Gasteiger partial charge in [0, 0.05) is 35.9 Å². The molecule has 26 heavy (non-hydrogen) atoms. The lowest BCUT2D eigenvalue weighted by Crippen LogP contribution is -2.34. The van der Waals surface area contributed by atoms with Crippen molar-refractivity contribution >= 4 is 28.3 Å². The first kappa shape index (κ1) is 16.6. The van der Waals surface area contributed by atoms with Crippen LogP contribution >= 0.6 is 0 Å². The Bertz CT molecular complexity index is 954. The molecule has 2 aromatic heterocycles. The molecule has 6 nitrogen and oxygen atoms in total. The molecule has 134 valence electrons. The largest absolute Gasteiger partial charge is 0.364 e. The van der Waals surface area contributed by atoms with Gasteiger partial charge in [-0.2, -0.15) is 0 Å². The monoisotopic (exact) mass is 350 g/mol. The third-order valence-electron chi connectivity index (χ3n) is 5.34. The fourth-order valence-corrected chi connectivity index (χ4v) is 4.10. The Morgan fingerprint density at radius 1 is 1.31 bits per heavy atom. The summed E-state index contributed by atoms with van der Waals surface area (Å²) >= 11 is 0. The Hall–Kier alpha value is -2.89. The Balaban J connectivity index is 1.88. The summed E-state index contributed by atoms with van der Waals surface area (Å²) in [4.78, 5) is 33.4. The average Bonchev–Trinajstić information content (AvgIpc) is 3.06. The highest BCUT2D eigenvalue weighted by Crippen LogP contribution is 2.36. The van der Waals surface area contributed by atoms with Crippen LogP contribution in [0.4, 0.5) is 0 Å². The minimum absolute atomic E-state index is 0.0651. The SMILES string of the molecule is C=CC(=O)N1CCC=C(c2cnc(C(N)=O)c3[nH]c4c(c23)CCCC4)C1. The minimum Gasteiger partial charge on any atom is -0.364 e. The Labute approximate surface area is 151 Å². The predicted molar refractivity (Wildman–Crippen MR) is 101 cm³/mol. The summed E-state index contributed by atoms with van der Waals surface area (Å²) in [6.07, 6.45) is 10.3. The first-order valence-electron chi connectivity index (χ1n) is 9.03. The molecule has 2 amide bonds. The number of nitrogens with two attached hydrogens (primary N) is 1. The summed E-state index contributed by atoms with van der Waals surface area (Å²) in [7, 11) is 0. The molecule has 0 atom stereocenters. The van der Waals surface area contributed by atoms with Gasteiger partial charge in [0.15, 0.2) is 5.69 Å². The van der Waals surface area contributed by atoms with Crippen molar-refractivity contribution in [1.29, 1.82) is 0 Å². The normalized spacial score (nSPS) is 16.9. The second kappa shape index (κ2) is 6.44. The highest BCUT2D eigenvalue weighted by Gasteiger charge is 2.25. The lowest BCUT2D eigenvalue weighted by molar-refractivity contribution is -0.125. The van der Waals surface area contributed by atoms with E-state index in [0.717, 1.165) is 54.1 Å². The van der Waals surface area contributed by atoms with E-state index < -0.39 is 5.91 Å². The van der Waals surface area contributed by atoms with Crippen LogP contribution in [0.15, 0.2) is 24.9 Å². The fourth-order valence-electron chi connectivity index (χ4n) is 4.10. The molecule has 0 saturated carbocycles. The second-order valence-electron chi connectivity index (χ2n) is 6.91. The molecule has 0 spiro atoms.